The Morgan fingerprint density at radius 1 is 1.16 bits per heavy atom. The summed E-state index contributed by atoms with van der Waals surface area (Å²) < 4.78 is 26.4. The van der Waals surface area contributed by atoms with Crippen molar-refractivity contribution in [3.63, 3.8) is 0 Å². The molecular weight excluding hydrogens is 274 g/mol. The number of thiophene rings is 1. The molecule has 2 aromatic rings. The molecule has 0 saturated heterocycles. The van der Waals surface area contributed by atoms with Crippen molar-refractivity contribution >= 4 is 28.2 Å². The predicted molar refractivity (Wildman–Crippen MR) is 67.1 cm³/mol. The maximum absolute atomic E-state index is 13.4. The van der Waals surface area contributed by atoms with Gasteiger partial charge in [0.1, 0.15) is 5.00 Å². The first kappa shape index (κ1) is 13.2. The van der Waals surface area contributed by atoms with Gasteiger partial charge in [0.2, 0.25) is 0 Å². The number of amides is 2. The molecule has 0 aliphatic carbocycles. The minimum absolute atomic E-state index is 0.121. The second-order valence-corrected chi connectivity index (χ2v) is 4.50. The summed E-state index contributed by atoms with van der Waals surface area (Å²) in [6.07, 6.45) is 0. The lowest BCUT2D eigenvalue weighted by Crippen LogP contribution is -2.17. The van der Waals surface area contributed by atoms with E-state index in [1.807, 2.05) is 0 Å². The monoisotopic (exact) mass is 282 g/mol. The smallest absolute Gasteiger partial charge is 0.259 e. The van der Waals surface area contributed by atoms with Crippen molar-refractivity contribution in [1.29, 1.82) is 0 Å². The van der Waals surface area contributed by atoms with Gasteiger partial charge in [-0.15, -0.1) is 11.3 Å². The number of carbonyl (C=O) groups is 2. The lowest BCUT2D eigenvalue weighted by Gasteiger charge is -2.05. The number of carbonyl (C=O) groups excluding carboxylic acids is 2. The molecule has 1 aromatic carbocycles. The first-order valence-corrected chi connectivity index (χ1v) is 6.01. The summed E-state index contributed by atoms with van der Waals surface area (Å²) >= 11 is 1.06. The number of hydrogen-bond donors (Lipinski definition) is 2. The van der Waals surface area contributed by atoms with Gasteiger partial charge in [-0.25, -0.2) is 8.78 Å². The zero-order valence-electron chi connectivity index (χ0n) is 9.44. The van der Waals surface area contributed by atoms with Crippen LogP contribution in [0.4, 0.5) is 13.8 Å². The summed E-state index contributed by atoms with van der Waals surface area (Å²) in [5.74, 6) is -3.91. The van der Waals surface area contributed by atoms with Gasteiger partial charge in [0.25, 0.3) is 11.8 Å². The summed E-state index contributed by atoms with van der Waals surface area (Å²) in [5.41, 5.74) is 4.79. The molecule has 7 heteroatoms. The van der Waals surface area contributed by atoms with Crippen molar-refractivity contribution in [1.82, 2.24) is 0 Å². The predicted octanol–water partition coefficient (Wildman–Crippen LogP) is 2.38. The topological polar surface area (TPSA) is 72.2 Å². The van der Waals surface area contributed by atoms with E-state index in [2.05, 4.69) is 5.32 Å². The van der Waals surface area contributed by atoms with Crippen LogP contribution >= 0.6 is 11.3 Å². The molecule has 0 aliphatic rings. The van der Waals surface area contributed by atoms with Crippen LogP contribution in [0.25, 0.3) is 0 Å². The quantitative estimate of drug-likeness (QED) is 0.907. The fourth-order valence-electron chi connectivity index (χ4n) is 1.45. The average molecular weight is 282 g/mol. The minimum atomic E-state index is -1.24. The third-order valence-electron chi connectivity index (χ3n) is 2.35. The molecule has 0 unspecified atom stereocenters. The van der Waals surface area contributed by atoms with Gasteiger partial charge in [-0.05, 0) is 23.6 Å². The van der Waals surface area contributed by atoms with Crippen LogP contribution in [-0.2, 0) is 0 Å². The van der Waals surface area contributed by atoms with Gasteiger partial charge in [-0.3, -0.25) is 9.59 Å². The van der Waals surface area contributed by atoms with E-state index in [1.54, 1.807) is 5.38 Å². The lowest BCUT2D eigenvalue weighted by atomic mass is 10.2. The molecule has 0 atom stereocenters. The molecule has 19 heavy (non-hydrogen) atoms. The maximum Gasteiger partial charge on any atom is 0.259 e. The van der Waals surface area contributed by atoms with Crippen LogP contribution in [0.2, 0.25) is 0 Å². The molecule has 4 nitrogen and oxygen atoms in total. The van der Waals surface area contributed by atoms with Crippen LogP contribution in [0.3, 0.4) is 0 Å². The van der Waals surface area contributed by atoms with Gasteiger partial charge >= 0.3 is 0 Å². The van der Waals surface area contributed by atoms with Gasteiger partial charge in [0, 0.05) is 0 Å². The van der Waals surface area contributed by atoms with Crippen LogP contribution in [0.15, 0.2) is 29.6 Å². The molecule has 0 spiro atoms. The molecule has 1 heterocycles. The van der Waals surface area contributed by atoms with Gasteiger partial charge in [-0.1, -0.05) is 6.07 Å². The Morgan fingerprint density at radius 3 is 2.58 bits per heavy atom. The highest BCUT2D eigenvalue weighted by Crippen LogP contribution is 2.24. The molecule has 0 aliphatic heterocycles. The first-order chi connectivity index (χ1) is 9.00. The van der Waals surface area contributed by atoms with E-state index in [0.29, 0.717) is 0 Å². The zero-order chi connectivity index (χ0) is 14.0. The number of rotatable bonds is 3. The van der Waals surface area contributed by atoms with Crippen LogP contribution in [0.5, 0.6) is 0 Å². The number of nitrogens with two attached hydrogens (primary N) is 1. The average Bonchev–Trinajstić information content (AvgIpc) is 2.80. The second-order valence-electron chi connectivity index (χ2n) is 3.58. The van der Waals surface area contributed by atoms with E-state index in [0.717, 1.165) is 23.5 Å². The molecule has 2 rings (SSSR count). The van der Waals surface area contributed by atoms with Gasteiger partial charge in [0.15, 0.2) is 11.6 Å². The highest BCUT2D eigenvalue weighted by molar-refractivity contribution is 7.14. The third kappa shape index (κ3) is 2.60. The van der Waals surface area contributed by atoms with E-state index in [4.69, 9.17) is 5.73 Å². The number of primary amides is 1. The van der Waals surface area contributed by atoms with E-state index in [1.165, 1.54) is 12.1 Å². The molecule has 0 radical (unpaired) electrons. The van der Waals surface area contributed by atoms with Gasteiger partial charge < -0.3 is 11.1 Å². The van der Waals surface area contributed by atoms with Gasteiger partial charge in [-0.2, -0.15) is 0 Å². The number of benzene rings is 1. The summed E-state index contributed by atoms with van der Waals surface area (Å²) in [7, 11) is 0. The summed E-state index contributed by atoms with van der Waals surface area (Å²) in [6.45, 7) is 0. The molecule has 1 aromatic heterocycles. The Hall–Kier alpha value is -2.28. The first-order valence-electron chi connectivity index (χ1n) is 5.13. The number of anilines is 1. The third-order valence-corrected chi connectivity index (χ3v) is 3.18. The van der Waals surface area contributed by atoms with E-state index >= 15 is 0 Å². The van der Waals surface area contributed by atoms with Crippen molar-refractivity contribution in [3.8, 4) is 0 Å². The van der Waals surface area contributed by atoms with Crippen LogP contribution in [0.1, 0.15) is 20.7 Å². The van der Waals surface area contributed by atoms with Crippen LogP contribution in [-0.4, -0.2) is 11.8 Å². The Morgan fingerprint density at radius 2 is 1.89 bits per heavy atom. The van der Waals surface area contributed by atoms with Crippen LogP contribution in [0, 0.1) is 11.6 Å². The summed E-state index contributed by atoms with van der Waals surface area (Å²) in [5, 5.41) is 4.08. The van der Waals surface area contributed by atoms with Crippen molar-refractivity contribution in [2.75, 3.05) is 5.32 Å². The summed E-state index contributed by atoms with van der Waals surface area (Å²) in [6, 6.07) is 4.71. The molecule has 2 amide bonds. The van der Waals surface area contributed by atoms with Gasteiger partial charge in [0.05, 0.1) is 11.1 Å². The molecule has 0 saturated carbocycles. The van der Waals surface area contributed by atoms with Crippen molar-refractivity contribution in [2.45, 2.75) is 0 Å². The Balaban J connectivity index is 2.29. The zero-order valence-corrected chi connectivity index (χ0v) is 10.3. The molecule has 98 valence electrons. The highest BCUT2D eigenvalue weighted by Gasteiger charge is 2.18. The normalized spacial score (nSPS) is 10.2. The highest BCUT2D eigenvalue weighted by atomic mass is 32.1. The van der Waals surface area contributed by atoms with E-state index in [-0.39, 0.29) is 10.6 Å². The second kappa shape index (κ2) is 5.15. The number of halogens is 2. The molecular formula is C12H8F2N2O2S. The number of hydrogen-bond acceptors (Lipinski definition) is 3. The number of nitrogens with one attached hydrogen (secondary N) is 1. The lowest BCUT2D eigenvalue weighted by molar-refractivity contribution is 0.100. The molecule has 0 fully saturated rings. The fraction of sp³-hybridized carbons (Fsp3) is 0. The van der Waals surface area contributed by atoms with Crippen molar-refractivity contribution in [3.05, 3.63) is 52.4 Å². The summed E-state index contributed by atoms with van der Waals surface area (Å²) in [4.78, 5) is 22.9. The molecule has 3 N–H and O–H groups in total. The fourth-order valence-corrected chi connectivity index (χ4v) is 2.24. The van der Waals surface area contributed by atoms with Crippen molar-refractivity contribution in [2.24, 2.45) is 5.73 Å². The Bertz CT molecular complexity index is 655. The standard InChI is InChI=1S/C12H8F2N2O2S/c13-8-3-1-2-6(9(8)14)11(18)16-12-7(10(15)17)4-5-19-12/h1-5H,(H2,15,17)(H,16,18). The van der Waals surface area contributed by atoms with Crippen molar-refractivity contribution < 1.29 is 18.4 Å². The molecule has 0 bridgehead atoms. The Kier molecular flexibility index (Phi) is 3.57. The van der Waals surface area contributed by atoms with E-state index in [9.17, 15) is 18.4 Å². The maximum atomic E-state index is 13.4. The largest absolute Gasteiger partial charge is 0.366 e. The minimum Gasteiger partial charge on any atom is -0.366 e. The van der Waals surface area contributed by atoms with E-state index < -0.39 is 29.0 Å². The van der Waals surface area contributed by atoms with Crippen LogP contribution < -0.4 is 11.1 Å². The Labute approximate surface area is 110 Å². The SMILES string of the molecule is NC(=O)c1ccsc1NC(=O)c1cccc(F)c1F.